The predicted molar refractivity (Wildman–Crippen MR) is 51.2 cm³/mol. The molecule has 0 aromatic carbocycles. The fourth-order valence-electron chi connectivity index (χ4n) is 1.78. The van der Waals surface area contributed by atoms with E-state index in [-0.39, 0.29) is 0 Å². The molecular weight excluding hydrogens is 150 g/mol. The number of hydrogen-bond acceptors (Lipinski definition) is 2. The second-order valence-corrected chi connectivity index (χ2v) is 3.46. The van der Waals surface area contributed by atoms with Crippen molar-refractivity contribution in [3.8, 4) is 0 Å². The van der Waals surface area contributed by atoms with E-state index in [2.05, 4.69) is 25.7 Å². The summed E-state index contributed by atoms with van der Waals surface area (Å²) in [5.74, 6) is 0.623. The Labute approximate surface area is 75.0 Å². The Balaban J connectivity index is 2.38. The molecule has 3 atom stereocenters. The molecule has 12 heavy (non-hydrogen) atoms. The summed E-state index contributed by atoms with van der Waals surface area (Å²) in [6, 6.07) is 0.431. The largest absolute Gasteiger partial charge is 0.378 e. The van der Waals surface area contributed by atoms with Gasteiger partial charge in [-0.1, -0.05) is 13.0 Å². The van der Waals surface area contributed by atoms with Gasteiger partial charge in [-0.15, -0.1) is 6.58 Å². The number of ether oxygens (including phenoxy) is 1. The highest BCUT2D eigenvalue weighted by Gasteiger charge is 2.26. The van der Waals surface area contributed by atoms with Gasteiger partial charge in [0.2, 0.25) is 0 Å². The molecule has 0 aliphatic carbocycles. The van der Waals surface area contributed by atoms with E-state index in [0.717, 1.165) is 19.6 Å². The van der Waals surface area contributed by atoms with Crippen LogP contribution in [0.15, 0.2) is 12.7 Å². The fraction of sp³-hybridized carbons (Fsp3) is 0.800. The van der Waals surface area contributed by atoms with Crippen LogP contribution in [-0.4, -0.2) is 25.3 Å². The Bertz CT molecular complexity index is 147. The Morgan fingerprint density at radius 2 is 2.50 bits per heavy atom. The quantitative estimate of drug-likeness (QED) is 0.645. The van der Waals surface area contributed by atoms with Crippen molar-refractivity contribution in [2.24, 2.45) is 5.92 Å². The Morgan fingerprint density at radius 3 is 2.92 bits per heavy atom. The van der Waals surface area contributed by atoms with Crippen molar-refractivity contribution in [2.75, 3.05) is 13.2 Å². The first-order valence-electron chi connectivity index (χ1n) is 4.75. The lowest BCUT2D eigenvalue weighted by Crippen LogP contribution is -2.34. The molecule has 0 radical (unpaired) electrons. The molecule has 0 spiro atoms. The minimum Gasteiger partial charge on any atom is -0.378 e. The molecule has 1 heterocycles. The molecule has 3 unspecified atom stereocenters. The Kier molecular flexibility index (Phi) is 3.76. The normalized spacial score (nSPS) is 31.8. The van der Waals surface area contributed by atoms with Crippen LogP contribution in [0.1, 0.15) is 20.3 Å². The van der Waals surface area contributed by atoms with E-state index in [1.54, 1.807) is 0 Å². The van der Waals surface area contributed by atoms with E-state index in [9.17, 15) is 0 Å². The SMILES string of the molecule is C=CC(NCC)C1COC(C)C1. The first-order valence-corrected chi connectivity index (χ1v) is 4.75. The Morgan fingerprint density at radius 1 is 1.75 bits per heavy atom. The van der Waals surface area contributed by atoms with E-state index >= 15 is 0 Å². The summed E-state index contributed by atoms with van der Waals surface area (Å²) in [7, 11) is 0. The maximum Gasteiger partial charge on any atom is 0.0551 e. The summed E-state index contributed by atoms with van der Waals surface area (Å²) in [6.45, 7) is 9.96. The van der Waals surface area contributed by atoms with Crippen molar-refractivity contribution in [3.05, 3.63) is 12.7 Å². The van der Waals surface area contributed by atoms with Gasteiger partial charge in [-0.05, 0) is 19.9 Å². The van der Waals surface area contributed by atoms with Crippen LogP contribution in [0.2, 0.25) is 0 Å². The van der Waals surface area contributed by atoms with Crippen molar-refractivity contribution in [1.29, 1.82) is 0 Å². The lowest BCUT2D eigenvalue weighted by atomic mass is 9.97. The summed E-state index contributed by atoms with van der Waals surface area (Å²) >= 11 is 0. The highest BCUT2D eigenvalue weighted by molar-refractivity contribution is 4.93. The summed E-state index contributed by atoms with van der Waals surface area (Å²) in [5.41, 5.74) is 0. The molecule has 70 valence electrons. The minimum absolute atomic E-state index is 0.427. The number of rotatable bonds is 4. The molecule has 1 saturated heterocycles. The van der Waals surface area contributed by atoms with Gasteiger partial charge in [0, 0.05) is 12.0 Å². The molecule has 1 N–H and O–H groups in total. The zero-order chi connectivity index (χ0) is 8.97. The maximum absolute atomic E-state index is 5.51. The molecule has 2 heteroatoms. The van der Waals surface area contributed by atoms with Gasteiger partial charge >= 0.3 is 0 Å². The van der Waals surface area contributed by atoms with Crippen LogP contribution in [0.5, 0.6) is 0 Å². The maximum atomic E-state index is 5.51. The lowest BCUT2D eigenvalue weighted by molar-refractivity contribution is 0.118. The number of likely N-dealkylation sites (N-methyl/N-ethyl adjacent to an activating group) is 1. The first-order chi connectivity index (χ1) is 5.77. The zero-order valence-electron chi connectivity index (χ0n) is 8.05. The van der Waals surface area contributed by atoms with Crippen LogP contribution in [0.3, 0.4) is 0 Å². The minimum atomic E-state index is 0.427. The van der Waals surface area contributed by atoms with E-state index in [1.165, 1.54) is 0 Å². The molecular formula is C10H19NO. The van der Waals surface area contributed by atoms with Gasteiger partial charge in [-0.25, -0.2) is 0 Å². The summed E-state index contributed by atoms with van der Waals surface area (Å²) in [6.07, 6.45) is 3.58. The van der Waals surface area contributed by atoms with Crippen LogP contribution < -0.4 is 5.32 Å². The van der Waals surface area contributed by atoms with E-state index in [1.807, 2.05) is 6.08 Å². The van der Waals surface area contributed by atoms with Gasteiger partial charge in [0.1, 0.15) is 0 Å². The fourth-order valence-corrected chi connectivity index (χ4v) is 1.78. The van der Waals surface area contributed by atoms with E-state index < -0.39 is 0 Å². The van der Waals surface area contributed by atoms with E-state index in [4.69, 9.17) is 4.74 Å². The molecule has 2 nitrogen and oxygen atoms in total. The summed E-state index contributed by atoms with van der Waals surface area (Å²) in [5, 5.41) is 3.40. The highest BCUT2D eigenvalue weighted by Crippen LogP contribution is 2.22. The molecule has 0 saturated carbocycles. The van der Waals surface area contributed by atoms with Crippen LogP contribution in [-0.2, 0) is 4.74 Å². The van der Waals surface area contributed by atoms with E-state index in [0.29, 0.717) is 18.1 Å². The molecule has 1 rings (SSSR count). The second kappa shape index (κ2) is 4.63. The van der Waals surface area contributed by atoms with Gasteiger partial charge in [-0.2, -0.15) is 0 Å². The van der Waals surface area contributed by atoms with Crippen molar-refractivity contribution < 1.29 is 4.74 Å². The topological polar surface area (TPSA) is 21.3 Å². The van der Waals surface area contributed by atoms with Gasteiger partial charge in [0.25, 0.3) is 0 Å². The van der Waals surface area contributed by atoms with Crippen molar-refractivity contribution >= 4 is 0 Å². The monoisotopic (exact) mass is 169 g/mol. The van der Waals surface area contributed by atoms with Crippen LogP contribution in [0, 0.1) is 5.92 Å². The molecule has 1 aliphatic rings. The van der Waals surface area contributed by atoms with Crippen LogP contribution >= 0.6 is 0 Å². The highest BCUT2D eigenvalue weighted by atomic mass is 16.5. The average Bonchev–Trinajstić information content (AvgIpc) is 2.47. The van der Waals surface area contributed by atoms with Gasteiger partial charge in [0.05, 0.1) is 12.7 Å². The van der Waals surface area contributed by atoms with Crippen molar-refractivity contribution in [3.63, 3.8) is 0 Å². The molecule has 0 bridgehead atoms. The van der Waals surface area contributed by atoms with Gasteiger partial charge in [-0.3, -0.25) is 0 Å². The molecule has 1 fully saturated rings. The predicted octanol–water partition coefficient (Wildman–Crippen LogP) is 1.58. The molecule has 1 aliphatic heterocycles. The standard InChI is InChI=1S/C10H19NO/c1-4-10(11-5-2)9-6-8(3)12-7-9/h4,8-11H,1,5-7H2,2-3H3. The summed E-state index contributed by atoms with van der Waals surface area (Å²) in [4.78, 5) is 0. The zero-order valence-corrected chi connectivity index (χ0v) is 8.05. The second-order valence-electron chi connectivity index (χ2n) is 3.46. The van der Waals surface area contributed by atoms with Gasteiger partial charge < -0.3 is 10.1 Å². The first kappa shape index (κ1) is 9.75. The van der Waals surface area contributed by atoms with Crippen LogP contribution in [0.25, 0.3) is 0 Å². The van der Waals surface area contributed by atoms with Gasteiger partial charge in [0.15, 0.2) is 0 Å². The molecule has 0 amide bonds. The Hall–Kier alpha value is -0.340. The lowest BCUT2D eigenvalue weighted by Gasteiger charge is -2.18. The smallest absolute Gasteiger partial charge is 0.0551 e. The summed E-state index contributed by atoms with van der Waals surface area (Å²) < 4.78 is 5.51. The van der Waals surface area contributed by atoms with Crippen LogP contribution in [0.4, 0.5) is 0 Å². The third kappa shape index (κ3) is 2.32. The number of nitrogens with one attached hydrogen (secondary N) is 1. The van der Waals surface area contributed by atoms with Crippen molar-refractivity contribution in [2.45, 2.75) is 32.4 Å². The third-order valence-corrected chi connectivity index (χ3v) is 2.43. The average molecular weight is 169 g/mol. The molecule has 0 aromatic heterocycles. The molecule has 0 aromatic rings. The third-order valence-electron chi connectivity index (χ3n) is 2.43. The number of hydrogen-bond donors (Lipinski definition) is 1. The van der Waals surface area contributed by atoms with Crippen molar-refractivity contribution in [1.82, 2.24) is 5.32 Å².